The molecule has 1 saturated heterocycles. The quantitative estimate of drug-likeness (QED) is 0.502. The Morgan fingerprint density at radius 3 is 2.72 bits per heavy atom. The summed E-state index contributed by atoms with van der Waals surface area (Å²) in [5.74, 6) is -0.0327. The molecule has 190 valence electrons. The predicted octanol–water partition coefficient (Wildman–Crippen LogP) is 5.25. The number of anilines is 2. The summed E-state index contributed by atoms with van der Waals surface area (Å²) in [5.41, 5.74) is 3.87. The van der Waals surface area contributed by atoms with Gasteiger partial charge in [-0.1, -0.05) is 13.5 Å². The molecule has 0 aliphatic carbocycles. The van der Waals surface area contributed by atoms with Gasteiger partial charge in [0.2, 0.25) is 0 Å². The lowest BCUT2D eigenvalue weighted by Crippen LogP contribution is -2.51. The van der Waals surface area contributed by atoms with Gasteiger partial charge in [-0.05, 0) is 63.8 Å². The van der Waals surface area contributed by atoms with Gasteiger partial charge in [-0.25, -0.2) is 9.78 Å². The molecule has 0 saturated carbocycles. The zero-order valence-electron chi connectivity index (χ0n) is 21.4. The third kappa shape index (κ3) is 5.84. The molecule has 0 radical (unpaired) electrons. The van der Waals surface area contributed by atoms with Crippen molar-refractivity contribution < 1.29 is 18.7 Å². The molecule has 2 amide bonds. The number of allylic oxidation sites excluding steroid dienone is 1. The lowest BCUT2D eigenvalue weighted by molar-refractivity contribution is 0.0495. The second-order valence-corrected chi connectivity index (χ2v) is 10.4. The molecule has 3 aromatic rings. The number of ether oxygens (including phenoxy) is 1. The first-order valence-corrected chi connectivity index (χ1v) is 12.0. The van der Waals surface area contributed by atoms with Crippen molar-refractivity contribution in [3.8, 4) is 0 Å². The van der Waals surface area contributed by atoms with Crippen LogP contribution in [-0.4, -0.2) is 46.7 Å². The fraction of sp³-hybridized carbons (Fsp3) is 0.407. The first-order chi connectivity index (χ1) is 17.0. The molecular formula is C27H33N5O4. The highest BCUT2D eigenvalue weighted by molar-refractivity contribution is 6.05. The van der Waals surface area contributed by atoms with E-state index in [0.29, 0.717) is 29.2 Å². The molecule has 4 rings (SSSR count). The minimum atomic E-state index is -0.564. The Morgan fingerprint density at radius 2 is 2.00 bits per heavy atom. The van der Waals surface area contributed by atoms with Crippen LogP contribution in [0, 0.1) is 5.92 Å². The highest BCUT2D eigenvalue weighted by Crippen LogP contribution is 2.30. The van der Waals surface area contributed by atoms with Crippen molar-refractivity contribution in [3.05, 3.63) is 54.7 Å². The summed E-state index contributed by atoms with van der Waals surface area (Å²) < 4.78 is 11.0. The number of hydrogen-bond acceptors (Lipinski definition) is 7. The van der Waals surface area contributed by atoms with Gasteiger partial charge in [-0.3, -0.25) is 9.78 Å². The Balaban J connectivity index is 1.52. The van der Waals surface area contributed by atoms with Crippen LogP contribution in [0.5, 0.6) is 0 Å². The molecule has 3 aromatic heterocycles. The standard InChI is InChI=1S/C27H33N5O4/c1-16(2)19-15-35-23-8-7-20(30-24(19)23)25(33)31-21-12-28-10-9-22(21)32-13-17(3)11-18(14-32)29-26(34)36-27(4,5)6/h7-10,12,15,17-18H,1,11,13-14H2,2-6H3,(H,29,34)(H,31,33)/t17-,18+/m1/s1. The monoisotopic (exact) mass is 491 g/mol. The number of piperidine rings is 1. The molecule has 0 aromatic carbocycles. The van der Waals surface area contributed by atoms with Crippen LogP contribution >= 0.6 is 0 Å². The zero-order valence-corrected chi connectivity index (χ0v) is 21.4. The van der Waals surface area contributed by atoms with Crippen molar-refractivity contribution in [3.63, 3.8) is 0 Å². The number of hydrogen-bond donors (Lipinski definition) is 2. The van der Waals surface area contributed by atoms with Crippen molar-refractivity contribution in [2.75, 3.05) is 23.3 Å². The van der Waals surface area contributed by atoms with Crippen LogP contribution in [0.15, 0.2) is 47.9 Å². The normalized spacial score (nSPS) is 18.1. The number of fused-ring (bicyclic) bond motifs is 1. The lowest BCUT2D eigenvalue weighted by Gasteiger charge is -2.39. The minimum absolute atomic E-state index is 0.0916. The topological polar surface area (TPSA) is 110 Å². The number of carbonyl (C=O) groups excluding carboxylic acids is 2. The van der Waals surface area contributed by atoms with Crippen molar-refractivity contribution in [2.45, 2.75) is 52.7 Å². The molecule has 36 heavy (non-hydrogen) atoms. The molecule has 1 aliphatic heterocycles. The second kappa shape index (κ2) is 10.0. The molecule has 9 nitrogen and oxygen atoms in total. The first kappa shape index (κ1) is 25.2. The van der Waals surface area contributed by atoms with Crippen molar-refractivity contribution in [1.82, 2.24) is 15.3 Å². The fourth-order valence-electron chi connectivity index (χ4n) is 4.41. The van der Waals surface area contributed by atoms with E-state index in [2.05, 4.69) is 39.0 Å². The number of aromatic nitrogens is 2. The number of pyridine rings is 2. The van der Waals surface area contributed by atoms with Gasteiger partial charge in [0.1, 0.15) is 23.1 Å². The molecule has 1 aliphatic rings. The SMILES string of the molecule is C=C(C)c1coc2ccc(C(=O)Nc3cnccc3N3C[C@H](C)C[C@H](NC(=O)OC(C)(C)C)C3)nc12. The van der Waals surface area contributed by atoms with E-state index in [0.717, 1.165) is 29.8 Å². The van der Waals surface area contributed by atoms with E-state index >= 15 is 0 Å². The number of carbonyl (C=O) groups is 2. The van der Waals surface area contributed by atoms with Crippen LogP contribution < -0.4 is 15.5 Å². The van der Waals surface area contributed by atoms with Crippen molar-refractivity contribution in [1.29, 1.82) is 0 Å². The Hall–Kier alpha value is -3.88. The largest absolute Gasteiger partial charge is 0.462 e. The maximum absolute atomic E-state index is 13.2. The average molecular weight is 492 g/mol. The maximum Gasteiger partial charge on any atom is 0.407 e. The summed E-state index contributed by atoms with van der Waals surface area (Å²) in [7, 11) is 0. The maximum atomic E-state index is 13.2. The summed E-state index contributed by atoms with van der Waals surface area (Å²) in [6, 6.07) is 5.13. The van der Waals surface area contributed by atoms with Crippen LogP contribution in [-0.2, 0) is 4.74 Å². The fourth-order valence-corrected chi connectivity index (χ4v) is 4.41. The van der Waals surface area contributed by atoms with Gasteiger partial charge < -0.3 is 24.7 Å². The van der Waals surface area contributed by atoms with Crippen LogP contribution in [0.2, 0.25) is 0 Å². The number of rotatable bonds is 5. The summed E-state index contributed by atoms with van der Waals surface area (Å²) in [6.45, 7) is 14.8. The van der Waals surface area contributed by atoms with E-state index in [4.69, 9.17) is 9.15 Å². The van der Waals surface area contributed by atoms with Gasteiger partial charge in [-0.15, -0.1) is 0 Å². The first-order valence-electron chi connectivity index (χ1n) is 12.0. The third-order valence-electron chi connectivity index (χ3n) is 5.88. The molecule has 0 unspecified atom stereocenters. The van der Waals surface area contributed by atoms with Gasteiger partial charge in [0.05, 0.1) is 17.6 Å². The number of nitrogens with one attached hydrogen (secondary N) is 2. The minimum Gasteiger partial charge on any atom is -0.462 e. The van der Waals surface area contributed by atoms with E-state index in [1.165, 1.54) is 0 Å². The molecular weight excluding hydrogens is 458 g/mol. The highest BCUT2D eigenvalue weighted by atomic mass is 16.6. The van der Waals surface area contributed by atoms with Crippen LogP contribution in [0.25, 0.3) is 16.7 Å². The number of furan rings is 1. The lowest BCUT2D eigenvalue weighted by atomic mass is 9.95. The summed E-state index contributed by atoms with van der Waals surface area (Å²) in [6.07, 6.45) is 5.32. The van der Waals surface area contributed by atoms with Crippen molar-refractivity contribution >= 4 is 40.0 Å². The van der Waals surface area contributed by atoms with Crippen LogP contribution in [0.3, 0.4) is 0 Å². The Morgan fingerprint density at radius 1 is 1.22 bits per heavy atom. The molecule has 0 spiro atoms. The Bertz CT molecular complexity index is 1290. The summed E-state index contributed by atoms with van der Waals surface area (Å²) in [5, 5.41) is 5.95. The zero-order chi connectivity index (χ0) is 26.0. The van der Waals surface area contributed by atoms with E-state index in [-0.39, 0.29) is 17.6 Å². The van der Waals surface area contributed by atoms with E-state index in [1.807, 2.05) is 33.8 Å². The van der Waals surface area contributed by atoms with Gasteiger partial charge in [0, 0.05) is 30.9 Å². The van der Waals surface area contributed by atoms with E-state index < -0.39 is 11.7 Å². The molecule has 9 heteroatoms. The van der Waals surface area contributed by atoms with Crippen LogP contribution in [0.1, 0.15) is 57.1 Å². The number of amides is 2. The smallest absolute Gasteiger partial charge is 0.407 e. The predicted molar refractivity (Wildman–Crippen MR) is 140 cm³/mol. The van der Waals surface area contributed by atoms with Gasteiger partial charge >= 0.3 is 6.09 Å². The van der Waals surface area contributed by atoms with Gasteiger partial charge in [-0.2, -0.15) is 0 Å². The Kier molecular flexibility index (Phi) is 7.01. The van der Waals surface area contributed by atoms with Crippen LogP contribution in [0.4, 0.5) is 16.2 Å². The van der Waals surface area contributed by atoms with Gasteiger partial charge in [0.15, 0.2) is 5.58 Å². The summed E-state index contributed by atoms with van der Waals surface area (Å²) >= 11 is 0. The molecule has 0 bridgehead atoms. The number of alkyl carbamates (subject to hydrolysis) is 1. The molecule has 4 heterocycles. The second-order valence-electron chi connectivity index (χ2n) is 10.4. The van der Waals surface area contributed by atoms with Crippen molar-refractivity contribution in [2.24, 2.45) is 5.92 Å². The number of nitrogens with zero attached hydrogens (tertiary/aromatic N) is 3. The van der Waals surface area contributed by atoms with E-state index in [9.17, 15) is 9.59 Å². The molecule has 1 fully saturated rings. The summed E-state index contributed by atoms with van der Waals surface area (Å²) in [4.78, 5) is 36.4. The highest BCUT2D eigenvalue weighted by Gasteiger charge is 2.29. The van der Waals surface area contributed by atoms with Gasteiger partial charge in [0.25, 0.3) is 5.91 Å². The molecule has 2 atom stereocenters. The average Bonchev–Trinajstić information content (AvgIpc) is 3.21. The third-order valence-corrected chi connectivity index (χ3v) is 5.88. The molecule has 2 N–H and O–H groups in total. The Labute approximate surface area is 210 Å². The van der Waals surface area contributed by atoms with E-state index in [1.54, 1.807) is 30.8 Å².